The minimum atomic E-state index is 0.686. The number of thiophene rings is 1. The largest absolute Gasteiger partial charge is 0.491 e. The second-order valence-corrected chi connectivity index (χ2v) is 5.28. The van der Waals surface area contributed by atoms with Gasteiger partial charge in [-0.25, -0.2) is 0 Å². The molecule has 1 heterocycles. The van der Waals surface area contributed by atoms with E-state index in [9.17, 15) is 0 Å². The molecule has 0 amide bonds. The van der Waals surface area contributed by atoms with Gasteiger partial charge >= 0.3 is 0 Å². The quantitative estimate of drug-likeness (QED) is 0.783. The van der Waals surface area contributed by atoms with Gasteiger partial charge in [0.15, 0.2) is 0 Å². The SMILES string of the molecule is CCCOc1cc(NCc2cscc2C)ccc1N. The van der Waals surface area contributed by atoms with Crippen LogP contribution in [0.4, 0.5) is 11.4 Å². The van der Waals surface area contributed by atoms with Crippen LogP contribution in [0.1, 0.15) is 24.5 Å². The van der Waals surface area contributed by atoms with Gasteiger partial charge < -0.3 is 15.8 Å². The molecule has 2 aromatic rings. The highest BCUT2D eigenvalue weighted by atomic mass is 32.1. The molecule has 0 atom stereocenters. The molecule has 0 unspecified atom stereocenters. The third-order valence-corrected chi connectivity index (χ3v) is 3.83. The van der Waals surface area contributed by atoms with Crippen molar-refractivity contribution in [1.29, 1.82) is 0 Å². The summed E-state index contributed by atoms with van der Waals surface area (Å²) in [4.78, 5) is 0. The zero-order valence-corrected chi connectivity index (χ0v) is 12.2. The highest BCUT2D eigenvalue weighted by Gasteiger charge is 2.03. The lowest BCUT2D eigenvalue weighted by Crippen LogP contribution is -2.02. The van der Waals surface area contributed by atoms with Crippen LogP contribution in [-0.4, -0.2) is 6.61 Å². The Labute approximate surface area is 118 Å². The molecule has 3 nitrogen and oxygen atoms in total. The van der Waals surface area contributed by atoms with E-state index in [-0.39, 0.29) is 0 Å². The first kappa shape index (κ1) is 13.7. The van der Waals surface area contributed by atoms with E-state index >= 15 is 0 Å². The fourth-order valence-corrected chi connectivity index (χ4v) is 2.60. The summed E-state index contributed by atoms with van der Waals surface area (Å²) >= 11 is 1.73. The van der Waals surface area contributed by atoms with E-state index < -0.39 is 0 Å². The Morgan fingerprint density at radius 3 is 2.84 bits per heavy atom. The third-order valence-electron chi connectivity index (χ3n) is 2.92. The summed E-state index contributed by atoms with van der Waals surface area (Å²) in [5.41, 5.74) is 10.3. The molecule has 2 rings (SSSR count). The molecule has 0 fully saturated rings. The highest BCUT2D eigenvalue weighted by molar-refractivity contribution is 7.08. The van der Waals surface area contributed by atoms with Crippen LogP contribution >= 0.6 is 11.3 Å². The molecular weight excluding hydrogens is 256 g/mol. The molecule has 0 radical (unpaired) electrons. The van der Waals surface area contributed by atoms with Gasteiger partial charge in [-0.05, 0) is 47.4 Å². The lowest BCUT2D eigenvalue weighted by Gasteiger charge is -2.11. The van der Waals surface area contributed by atoms with Gasteiger partial charge in [0, 0.05) is 18.3 Å². The van der Waals surface area contributed by atoms with E-state index in [0.717, 1.165) is 24.4 Å². The van der Waals surface area contributed by atoms with Crippen molar-refractivity contribution in [3.63, 3.8) is 0 Å². The highest BCUT2D eigenvalue weighted by Crippen LogP contribution is 2.26. The third kappa shape index (κ3) is 3.64. The summed E-state index contributed by atoms with van der Waals surface area (Å²) in [5.74, 6) is 0.758. The molecule has 1 aromatic carbocycles. The van der Waals surface area contributed by atoms with Crippen LogP contribution in [-0.2, 0) is 6.54 Å². The lowest BCUT2D eigenvalue weighted by molar-refractivity contribution is 0.319. The Balaban J connectivity index is 2.02. The van der Waals surface area contributed by atoms with E-state index in [1.807, 2.05) is 18.2 Å². The van der Waals surface area contributed by atoms with Crippen LogP contribution in [0.15, 0.2) is 29.0 Å². The average molecular weight is 276 g/mol. The number of aryl methyl sites for hydroxylation is 1. The van der Waals surface area contributed by atoms with Crippen LogP contribution in [0.2, 0.25) is 0 Å². The molecule has 0 bridgehead atoms. The number of anilines is 2. The van der Waals surface area contributed by atoms with Gasteiger partial charge in [0.1, 0.15) is 5.75 Å². The standard InChI is InChI=1S/C15H20N2OS/c1-3-6-18-15-7-13(4-5-14(15)16)17-8-12-10-19-9-11(12)2/h4-5,7,9-10,17H,3,6,8,16H2,1-2H3. The van der Waals surface area contributed by atoms with Gasteiger partial charge in [0.25, 0.3) is 0 Å². The summed E-state index contributed by atoms with van der Waals surface area (Å²) < 4.78 is 5.62. The molecule has 0 saturated heterocycles. The summed E-state index contributed by atoms with van der Waals surface area (Å²) in [5, 5.41) is 7.74. The first-order valence-corrected chi connectivity index (χ1v) is 7.43. The predicted octanol–water partition coefficient (Wildman–Crippen LogP) is 4.04. The number of nitrogen functional groups attached to an aromatic ring is 1. The second kappa shape index (κ2) is 6.48. The molecule has 102 valence electrons. The summed E-state index contributed by atoms with van der Waals surface area (Å²) in [6.07, 6.45) is 0.977. The monoisotopic (exact) mass is 276 g/mol. The predicted molar refractivity (Wildman–Crippen MR) is 83.0 cm³/mol. The second-order valence-electron chi connectivity index (χ2n) is 4.53. The van der Waals surface area contributed by atoms with E-state index in [1.54, 1.807) is 11.3 Å². The van der Waals surface area contributed by atoms with Gasteiger partial charge in [-0.15, -0.1) is 0 Å². The molecule has 0 aliphatic rings. The molecule has 0 aliphatic heterocycles. The molecule has 4 heteroatoms. The molecule has 0 saturated carbocycles. The molecule has 0 spiro atoms. The number of hydrogen-bond donors (Lipinski definition) is 2. The number of nitrogens with two attached hydrogens (primary N) is 1. The Kier molecular flexibility index (Phi) is 4.68. The van der Waals surface area contributed by atoms with Crippen molar-refractivity contribution in [3.8, 4) is 5.75 Å². The number of hydrogen-bond acceptors (Lipinski definition) is 4. The molecular formula is C15H20N2OS. The fraction of sp³-hybridized carbons (Fsp3) is 0.333. The number of rotatable bonds is 6. The van der Waals surface area contributed by atoms with Gasteiger partial charge in [-0.3, -0.25) is 0 Å². The van der Waals surface area contributed by atoms with Crippen LogP contribution in [0, 0.1) is 6.92 Å². The maximum atomic E-state index is 5.89. The van der Waals surface area contributed by atoms with Gasteiger partial charge in [-0.2, -0.15) is 11.3 Å². The Morgan fingerprint density at radius 2 is 2.16 bits per heavy atom. The summed E-state index contributed by atoms with van der Waals surface area (Å²) in [6.45, 7) is 5.73. The van der Waals surface area contributed by atoms with Crippen LogP contribution < -0.4 is 15.8 Å². The number of nitrogens with one attached hydrogen (secondary N) is 1. The van der Waals surface area contributed by atoms with Gasteiger partial charge in [-0.1, -0.05) is 6.92 Å². The van der Waals surface area contributed by atoms with Crippen molar-refractivity contribution in [2.75, 3.05) is 17.7 Å². The van der Waals surface area contributed by atoms with E-state index in [2.05, 4.69) is 29.9 Å². The first-order valence-electron chi connectivity index (χ1n) is 6.48. The zero-order valence-electron chi connectivity index (χ0n) is 11.4. The van der Waals surface area contributed by atoms with E-state index in [4.69, 9.17) is 10.5 Å². The Bertz CT molecular complexity index is 537. The Hall–Kier alpha value is -1.68. The molecule has 1 aromatic heterocycles. The van der Waals surface area contributed by atoms with Crippen LogP contribution in [0.25, 0.3) is 0 Å². The normalized spacial score (nSPS) is 10.4. The van der Waals surface area contributed by atoms with Crippen molar-refractivity contribution in [2.45, 2.75) is 26.8 Å². The Morgan fingerprint density at radius 1 is 1.32 bits per heavy atom. The minimum absolute atomic E-state index is 0.686. The van der Waals surface area contributed by atoms with Crippen molar-refractivity contribution in [3.05, 3.63) is 40.1 Å². The van der Waals surface area contributed by atoms with Crippen molar-refractivity contribution in [2.24, 2.45) is 0 Å². The number of ether oxygens (including phenoxy) is 1. The fourth-order valence-electron chi connectivity index (χ4n) is 1.75. The van der Waals surface area contributed by atoms with E-state index in [0.29, 0.717) is 12.3 Å². The maximum absolute atomic E-state index is 5.89. The van der Waals surface area contributed by atoms with Crippen molar-refractivity contribution >= 4 is 22.7 Å². The topological polar surface area (TPSA) is 47.3 Å². The molecule has 3 N–H and O–H groups in total. The first-order chi connectivity index (χ1) is 9.20. The smallest absolute Gasteiger partial charge is 0.144 e. The minimum Gasteiger partial charge on any atom is -0.491 e. The van der Waals surface area contributed by atoms with Crippen molar-refractivity contribution in [1.82, 2.24) is 0 Å². The van der Waals surface area contributed by atoms with Crippen LogP contribution in [0.3, 0.4) is 0 Å². The van der Waals surface area contributed by atoms with E-state index in [1.165, 1.54) is 11.1 Å². The van der Waals surface area contributed by atoms with Gasteiger partial charge in [0.2, 0.25) is 0 Å². The maximum Gasteiger partial charge on any atom is 0.144 e. The van der Waals surface area contributed by atoms with Crippen LogP contribution in [0.5, 0.6) is 5.75 Å². The lowest BCUT2D eigenvalue weighted by atomic mass is 10.2. The molecule has 0 aliphatic carbocycles. The van der Waals surface area contributed by atoms with Crippen molar-refractivity contribution < 1.29 is 4.74 Å². The molecule has 19 heavy (non-hydrogen) atoms. The van der Waals surface area contributed by atoms with Gasteiger partial charge in [0.05, 0.1) is 12.3 Å². The number of benzene rings is 1. The zero-order chi connectivity index (χ0) is 13.7. The average Bonchev–Trinajstić information content (AvgIpc) is 2.82. The summed E-state index contributed by atoms with van der Waals surface area (Å²) in [6, 6.07) is 5.83. The summed E-state index contributed by atoms with van der Waals surface area (Å²) in [7, 11) is 0.